The number of nitrogens with one attached hydrogen (secondary N) is 7. The number of aliphatic hydroxyl groups excluding tert-OH is 29. The Morgan fingerprint density at radius 1 is 0.275 bits per heavy atom. The average Bonchev–Trinajstić information content (AvgIpc) is 0.761. The second-order valence-corrected chi connectivity index (χ2v) is 37.5. The highest BCUT2D eigenvalue weighted by atomic mass is 16.8. The predicted molar refractivity (Wildman–Crippen MR) is 461 cm³/mol. The second-order valence-electron chi connectivity index (χ2n) is 37.5. The summed E-state index contributed by atoms with van der Waals surface area (Å²) in [6.07, 6.45) is -109. The van der Waals surface area contributed by atoms with Crippen LogP contribution in [0.1, 0.15) is 54.9 Å². The van der Waals surface area contributed by atoms with Crippen molar-refractivity contribution in [3.8, 4) is 0 Å². The first-order valence-corrected chi connectivity index (χ1v) is 47.2. The molecule has 0 aromatic carbocycles. The van der Waals surface area contributed by atoms with E-state index >= 15 is 0 Å². The van der Waals surface area contributed by atoms with E-state index in [1.165, 1.54) is 0 Å². The van der Waals surface area contributed by atoms with Gasteiger partial charge in [-0.3, -0.25) is 33.6 Å². The van der Waals surface area contributed by atoms with E-state index in [1.807, 2.05) is 0 Å². The molecule has 11 saturated heterocycles. The zero-order chi connectivity index (χ0) is 110. The fourth-order valence-corrected chi connectivity index (χ4v) is 19.1. The molecule has 7 amide bonds. The third-order valence-corrected chi connectivity index (χ3v) is 26.7. The van der Waals surface area contributed by atoms with Crippen LogP contribution in [0.15, 0.2) is 0 Å². The zero-order valence-corrected chi connectivity index (χ0v) is 80.5. The first kappa shape index (κ1) is 123. The largest absolute Gasteiger partial charge is 0.477 e. The van der Waals surface area contributed by atoms with E-state index in [9.17, 15) is 192 Å². The van der Waals surface area contributed by atoms with Crippen molar-refractivity contribution >= 4 is 47.3 Å². The van der Waals surface area contributed by atoms with Crippen LogP contribution in [0.25, 0.3) is 0 Å². The molecule has 0 aromatic heterocycles. The van der Waals surface area contributed by atoms with Gasteiger partial charge < -0.3 is 290 Å². The lowest BCUT2D eigenvalue weighted by Gasteiger charge is -2.52. The standard InChI is InChI=1S/C83H137N7O59/c1-20(99)84-39-27(106)8-83(82(127)128,149-68(39)46(108)28(107)9-91)131-19-38-50(112)59(121)61(123)78(140-38)144-65-33(14-96)137-77(45(58(65)120)90-26(7)105)147-70-60(122)51(113)36(17-129-73-41(86-22(3)101)53(115)47(109)29(10-92)133-73)141-80(70)130-18-37-52(114)69(63(125)79(139-37)145-66-34(15-97)136-76(44(57(66)119)89-25(6)104)142-64-32(13-95)132-72(126)40(56(64)118)85-21(2)100)146-81-71(148-75-43(88-24(5)103)55(117)49(111)31(12-94)135-75)62(124)67(35(16-98)138-81)143-74-42(87-23(4)102)54(116)48(110)30(11-93)134-74/h27-81,91-98,106-126H,8-19H2,1-7H3,(H,84,99)(H,85,100)(H,86,101)(H,87,102)(H,88,103)(H,89,104)(H,90,105)(H,127,128)/t27-,28+,29+,30+,31+,32+,33+,34+,35+,36+,37+,38+,39+,40+,41+,42+,43+,44+,45+,46+,47+,48+,49+,50-,51+,52+,53+,54+,55+,56+,57+,58+,59-,60-,61+,62-,63-,64+,65+,66+,67+,68+,69-,70-,71-,72+,73+,74-,75-,76-,77-,78-,79-,80-,81+,83+/m0/s1. The normalized spacial score (nSPS) is 46.2. The quantitative estimate of drug-likeness (QED) is 0.0270. The summed E-state index contributed by atoms with van der Waals surface area (Å²) in [4.78, 5) is 103. The lowest BCUT2D eigenvalue weighted by atomic mass is 9.88. The maximum Gasteiger partial charge on any atom is 0.364 e. The smallest absolute Gasteiger partial charge is 0.364 e. The Kier molecular flexibility index (Phi) is 44.3. The number of carboxylic acids is 1. The van der Waals surface area contributed by atoms with Gasteiger partial charge in [-0.25, -0.2) is 4.79 Å². The van der Waals surface area contributed by atoms with Gasteiger partial charge in [-0.15, -0.1) is 0 Å². The van der Waals surface area contributed by atoms with Crippen molar-refractivity contribution in [1.29, 1.82) is 0 Å². The topological polar surface area (TPSA) is 1020 Å². The highest BCUT2D eigenvalue weighted by Crippen LogP contribution is 2.43. The van der Waals surface area contributed by atoms with Gasteiger partial charge in [0.05, 0.1) is 84.8 Å². The molecule has 11 heterocycles. The summed E-state index contributed by atoms with van der Waals surface area (Å²) in [5.74, 6) is -11.9. The Hall–Kier alpha value is -6.24. The van der Waals surface area contributed by atoms with E-state index in [0.29, 0.717) is 0 Å². The molecular formula is C83H137N7O59. The Balaban J connectivity index is 0.977. The van der Waals surface area contributed by atoms with Gasteiger partial charge in [-0.05, 0) is 0 Å². The number of rotatable bonds is 41. The van der Waals surface area contributed by atoms with Crippen LogP contribution in [0, 0.1) is 0 Å². The molecule has 66 heteroatoms. The van der Waals surface area contributed by atoms with E-state index in [1.54, 1.807) is 0 Å². The van der Waals surface area contributed by atoms with Crippen LogP contribution in [-0.4, -0.2) is 616 Å². The minimum absolute atomic E-state index is 0.836. The van der Waals surface area contributed by atoms with Crippen molar-refractivity contribution in [2.45, 2.75) is 398 Å². The van der Waals surface area contributed by atoms with Crippen molar-refractivity contribution < 1.29 is 291 Å². The molecule has 0 radical (unpaired) electrons. The van der Waals surface area contributed by atoms with E-state index in [0.717, 1.165) is 48.5 Å². The molecule has 0 bridgehead atoms. The number of amides is 7. The molecule has 858 valence electrons. The van der Waals surface area contributed by atoms with Crippen molar-refractivity contribution in [3.63, 3.8) is 0 Å². The first-order chi connectivity index (χ1) is 70.3. The summed E-state index contributed by atoms with van der Waals surface area (Å²) in [7, 11) is 0. The van der Waals surface area contributed by atoms with Crippen LogP contribution >= 0.6 is 0 Å². The summed E-state index contributed by atoms with van der Waals surface area (Å²) in [6, 6.07) is -13.3. The monoisotopic (exact) mass is 2180 g/mol. The third kappa shape index (κ3) is 28.1. The maximum atomic E-state index is 13.5. The van der Waals surface area contributed by atoms with E-state index < -0.39 is 469 Å². The van der Waals surface area contributed by atoms with Gasteiger partial charge in [0.1, 0.15) is 262 Å². The Labute approximate surface area is 843 Å². The van der Waals surface area contributed by atoms with E-state index in [4.69, 9.17) is 99.5 Å². The Morgan fingerprint density at radius 3 is 0.973 bits per heavy atom. The second kappa shape index (κ2) is 53.7. The number of hydrogen-bond donors (Lipinski definition) is 37. The molecule has 0 aromatic rings. The molecule has 0 saturated carbocycles. The highest BCUT2D eigenvalue weighted by Gasteiger charge is 2.64. The average molecular weight is 2180 g/mol. The van der Waals surface area contributed by atoms with Crippen LogP contribution in [0.3, 0.4) is 0 Å². The molecule has 0 unspecified atom stereocenters. The molecule has 11 rings (SSSR count). The molecule has 11 aliphatic heterocycles. The van der Waals surface area contributed by atoms with Crippen LogP contribution in [0.5, 0.6) is 0 Å². The number of carboxylic acid groups (broad SMARTS) is 1. The SMILES string of the molecule is CC(=O)N[C@@H]1[C@@H](O)[C@H](O[C@@H]2O[C@H](CO)[C@@H](O[C@@H]3O[C@H](CO[C@H]4O[C@H](CO[C@@H]5O[C@H](CO)[C@@H](O)[C@H](O)[C@H]5NC(C)=O)[C@@H](O)[C@H](O)[C@@H]4O[C@@H]4O[C@H](CO)[C@@H](O[C@@H]5O[C@H](CO[C@]6(C(=O)O)C[C@H](O)[C@@H](NC(C)=O)[C@H]([C@H](O)[C@H](O)CO)O6)[C@H](O)[C@H](O)[C@H]5O)[C@H](O)[C@H]4NC(C)=O)[C@@H](O)[C@H](O[C@H]4O[C@H](CO)[C@@H](O[C@@H]5O[C@H](CO)[C@@H](O)[C@H](O)[C@H]5NC(C)=O)[C@H](O)[C@@H]4O[C@@H]4O[C@H](CO)[C@@H](O)[C@H](O)[C@H]4NC(C)=O)[C@@H]3O)[C@H](O)[C@H]2NC(C)=O)[C@@H](CO)O[C@H]1O. The van der Waals surface area contributed by atoms with Crippen molar-refractivity contribution in [2.75, 3.05) is 72.7 Å². The molecule has 0 spiro atoms. The molecule has 11 fully saturated rings. The van der Waals surface area contributed by atoms with Crippen molar-refractivity contribution in [2.24, 2.45) is 0 Å². The Morgan fingerprint density at radius 2 is 0.564 bits per heavy atom. The molecule has 11 aliphatic rings. The zero-order valence-electron chi connectivity index (χ0n) is 80.5. The Bertz CT molecular complexity index is 4300. The van der Waals surface area contributed by atoms with Crippen LogP contribution in [0.4, 0.5) is 0 Å². The van der Waals surface area contributed by atoms with Gasteiger partial charge in [-0.2, -0.15) is 0 Å². The summed E-state index contributed by atoms with van der Waals surface area (Å²) >= 11 is 0. The fraction of sp³-hybridized carbons (Fsp3) is 0.904. The van der Waals surface area contributed by atoms with Crippen molar-refractivity contribution in [3.05, 3.63) is 0 Å². The predicted octanol–water partition coefficient (Wildman–Crippen LogP) is -24.8. The number of ether oxygens (including phenoxy) is 21. The van der Waals surface area contributed by atoms with E-state index in [-0.39, 0.29) is 0 Å². The van der Waals surface area contributed by atoms with Gasteiger partial charge in [-0.1, -0.05) is 0 Å². The molecular weight excluding hydrogens is 2040 g/mol. The van der Waals surface area contributed by atoms with Gasteiger partial charge in [0.2, 0.25) is 41.4 Å². The van der Waals surface area contributed by atoms with Gasteiger partial charge in [0.25, 0.3) is 5.79 Å². The number of aliphatic hydroxyl groups is 29. The van der Waals surface area contributed by atoms with Gasteiger partial charge in [0.15, 0.2) is 62.9 Å². The summed E-state index contributed by atoms with van der Waals surface area (Å²) in [5.41, 5.74) is 0. The summed E-state index contributed by atoms with van der Waals surface area (Å²) in [5, 5.41) is 358. The summed E-state index contributed by atoms with van der Waals surface area (Å²) < 4.78 is 127. The summed E-state index contributed by atoms with van der Waals surface area (Å²) in [6.45, 7) is -6.95. The number of hydrogen-bond acceptors (Lipinski definition) is 58. The molecule has 66 nitrogen and oxygen atoms in total. The van der Waals surface area contributed by atoms with Gasteiger partial charge >= 0.3 is 5.97 Å². The molecule has 37 N–H and O–H groups in total. The number of carbonyl (C=O) groups excluding carboxylic acids is 7. The lowest BCUT2D eigenvalue weighted by Crippen LogP contribution is -2.71. The third-order valence-electron chi connectivity index (χ3n) is 26.7. The van der Waals surface area contributed by atoms with E-state index in [2.05, 4.69) is 37.2 Å². The fourth-order valence-electron chi connectivity index (χ4n) is 19.1. The molecule has 56 atom stereocenters. The van der Waals surface area contributed by atoms with Gasteiger partial charge in [0, 0.05) is 54.9 Å². The lowest BCUT2D eigenvalue weighted by molar-refractivity contribution is -0.403. The number of aliphatic carboxylic acids is 1. The van der Waals surface area contributed by atoms with Crippen LogP contribution in [-0.2, 0) is 138 Å². The van der Waals surface area contributed by atoms with Crippen molar-refractivity contribution in [1.82, 2.24) is 37.2 Å². The molecule has 0 aliphatic carbocycles. The maximum absolute atomic E-state index is 13.5. The minimum atomic E-state index is -3.15. The van der Waals surface area contributed by atoms with Crippen LogP contribution in [0.2, 0.25) is 0 Å². The van der Waals surface area contributed by atoms with Crippen LogP contribution < -0.4 is 37.2 Å². The first-order valence-electron chi connectivity index (χ1n) is 47.2. The highest BCUT2D eigenvalue weighted by molar-refractivity contribution is 5.77. The number of carbonyl (C=O) groups is 8. The minimum Gasteiger partial charge on any atom is -0.477 e. The molecule has 149 heavy (non-hydrogen) atoms.